The van der Waals surface area contributed by atoms with Crippen LogP contribution in [0.4, 0.5) is 14.5 Å². The van der Waals surface area contributed by atoms with Crippen molar-refractivity contribution >= 4 is 76.0 Å². The monoisotopic (exact) mass is 1720 g/mol. The highest BCUT2D eigenvalue weighted by Crippen LogP contribution is 2.37. The first-order valence-corrected chi connectivity index (χ1v) is 45.5. The fourth-order valence-corrected chi connectivity index (χ4v) is 21.4. The highest BCUT2D eigenvalue weighted by atomic mass is 32.2. The number of likely N-dealkylation sites (N-methyl/N-ethyl adjacent to an activating group) is 1. The lowest BCUT2D eigenvalue weighted by atomic mass is 9.98. The van der Waals surface area contributed by atoms with E-state index < -0.39 is 30.1 Å². The predicted molar refractivity (Wildman–Crippen MR) is 470 cm³/mol. The number of hydrogen-bond donors (Lipinski definition) is 0. The van der Waals surface area contributed by atoms with Crippen LogP contribution in [0.25, 0.3) is 44.1 Å². The van der Waals surface area contributed by atoms with Crippen LogP contribution in [0.15, 0.2) is 300 Å². The van der Waals surface area contributed by atoms with Gasteiger partial charge in [0.25, 0.3) is 11.8 Å². The molecule has 21 nitrogen and oxygen atoms in total. The number of carbonyl (C=O) groups excluding carboxylic acids is 2. The van der Waals surface area contributed by atoms with Crippen LogP contribution >= 0.6 is 22.9 Å². The molecule has 11 heterocycles. The van der Waals surface area contributed by atoms with E-state index >= 15 is 0 Å². The van der Waals surface area contributed by atoms with Crippen molar-refractivity contribution in [2.45, 2.75) is 93.5 Å². The summed E-state index contributed by atoms with van der Waals surface area (Å²) in [6, 6.07) is 74.7. The summed E-state index contributed by atoms with van der Waals surface area (Å²) in [5.41, 5.74) is 18.4. The largest absolute Gasteiger partial charge is 0.378 e. The first-order valence-electron chi connectivity index (χ1n) is 39.5. The van der Waals surface area contributed by atoms with Gasteiger partial charge in [-0.15, -0.1) is 11.3 Å². The number of aryl methyl sites for hydroxylation is 1. The molecule has 20 rings (SSSR count). The maximum atomic E-state index is 14.7. The van der Waals surface area contributed by atoms with Gasteiger partial charge in [0, 0.05) is 138 Å². The Morgan fingerprint density at radius 3 is 1.36 bits per heavy atom. The van der Waals surface area contributed by atoms with Crippen molar-refractivity contribution in [1.82, 2.24) is 56.7 Å². The number of sulfonamides is 3. The number of benzene rings is 9. The Bertz CT molecular complexity index is 6400. The topological polar surface area (TPSA) is 229 Å². The molecule has 618 valence electrons. The Kier molecular flexibility index (Phi) is 24.8. The van der Waals surface area contributed by atoms with E-state index in [9.17, 15) is 43.6 Å². The first kappa shape index (κ1) is 83.4. The molecule has 6 aliphatic heterocycles. The summed E-state index contributed by atoms with van der Waals surface area (Å²) in [7, 11) is -4.09. The molecule has 0 spiro atoms. The molecule has 0 atom stereocenters. The molecule has 9 aromatic carbocycles. The van der Waals surface area contributed by atoms with Crippen molar-refractivity contribution < 1.29 is 43.6 Å². The van der Waals surface area contributed by atoms with Crippen LogP contribution in [0.1, 0.15) is 93.6 Å². The lowest BCUT2D eigenvalue weighted by molar-refractivity contribution is 0.0757. The summed E-state index contributed by atoms with van der Waals surface area (Å²) in [5.74, 6) is -0.736. The third-order valence-electron chi connectivity index (χ3n) is 22.0. The number of amides is 2. The van der Waals surface area contributed by atoms with Crippen LogP contribution in [-0.4, -0.2) is 128 Å². The second kappa shape index (κ2) is 36.2. The number of fused-ring (bicyclic) bond motifs is 5. The van der Waals surface area contributed by atoms with Gasteiger partial charge >= 0.3 is 0 Å². The van der Waals surface area contributed by atoms with Gasteiger partial charge in [-0.25, -0.2) is 48.1 Å². The van der Waals surface area contributed by atoms with Gasteiger partial charge in [-0.3, -0.25) is 19.6 Å². The van der Waals surface area contributed by atoms with Gasteiger partial charge in [-0.05, 0) is 184 Å². The number of nitrogens with zero attached hydrogens (tertiary/aromatic N) is 13. The SMILES string of the molecule is CN(C)c1ccc(-c2ccc(CN3Cc4ncccc4C3=O)c(F)c2)cc1.CN1CC=C(c2ccc(CN3Cc4ncccc4C3=O)c(F)c2)CC1.Cc1nc(-c2ccc(CN3Cc4ccccc4S3(=O)=O)cc2)cs1.O=S1(=O)c2ccccc2CN1Cc1ccc(-c2ccns2)cc1.O=S1(=O)c2ccccc2CN1Cc1ccc(-n2cccn2)cc1. The average molecular weight is 1720 g/mol. The Balaban J connectivity index is 0.000000113. The van der Waals surface area contributed by atoms with Crippen molar-refractivity contribution in [2.24, 2.45) is 0 Å². The number of pyridine rings is 2. The summed E-state index contributed by atoms with van der Waals surface area (Å²) in [6.45, 7) is 7.68. The van der Waals surface area contributed by atoms with Gasteiger partial charge < -0.3 is 19.6 Å². The molecule has 0 bridgehead atoms. The van der Waals surface area contributed by atoms with Gasteiger partial charge in [0.2, 0.25) is 30.1 Å². The van der Waals surface area contributed by atoms with Gasteiger partial charge in [0.1, 0.15) is 11.6 Å². The zero-order chi connectivity index (χ0) is 84.8. The highest BCUT2D eigenvalue weighted by Gasteiger charge is 2.38. The molecule has 6 aliphatic rings. The number of rotatable bonds is 16. The van der Waals surface area contributed by atoms with Crippen LogP contribution in [0.2, 0.25) is 0 Å². The average Bonchev–Trinajstić information content (AvgIpc) is 1.62. The molecule has 0 saturated carbocycles. The molecule has 0 unspecified atom stereocenters. The highest BCUT2D eigenvalue weighted by molar-refractivity contribution is 7.90. The van der Waals surface area contributed by atoms with Gasteiger partial charge in [0.05, 0.1) is 71.6 Å². The molecule has 0 radical (unpaired) electrons. The van der Waals surface area contributed by atoms with Gasteiger partial charge in [-0.2, -0.15) is 18.0 Å². The second-order valence-corrected chi connectivity index (χ2v) is 38.0. The Morgan fingerprint density at radius 1 is 0.467 bits per heavy atom. The second-order valence-electron chi connectivity index (χ2n) is 30.4. The quantitative estimate of drug-likeness (QED) is 0.0876. The molecule has 28 heteroatoms. The summed E-state index contributed by atoms with van der Waals surface area (Å²) in [4.78, 5) is 47.7. The fourth-order valence-electron chi connectivity index (χ4n) is 15.3. The number of carbonyl (C=O) groups is 2. The lowest BCUT2D eigenvalue weighted by Crippen LogP contribution is -2.24. The molecule has 0 saturated heterocycles. The zero-order valence-electron chi connectivity index (χ0n) is 67.2. The van der Waals surface area contributed by atoms with E-state index in [1.54, 1.807) is 129 Å². The van der Waals surface area contributed by atoms with E-state index in [1.807, 2.05) is 195 Å². The lowest BCUT2D eigenvalue weighted by Gasteiger charge is -2.22. The molecule has 122 heavy (non-hydrogen) atoms. The van der Waals surface area contributed by atoms with E-state index in [-0.39, 0.29) is 36.5 Å². The molecular weight excluding hydrogens is 1640 g/mol. The summed E-state index contributed by atoms with van der Waals surface area (Å²) >= 11 is 3.07. The van der Waals surface area contributed by atoms with Crippen LogP contribution in [0.3, 0.4) is 0 Å². The number of hydrogen-bond acceptors (Lipinski definition) is 17. The minimum absolute atomic E-state index is 0.0791. The number of aromatic nitrogens is 6. The molecule has 2 amide bonds. The van der Waals surface area contributed by atoms with Gasteiger partial charge in [0.15, 0.2) is 0 Å². The Hall–Kier alpha value is -12.2. The van der Waals surface area contributed by atoms with Crippen molar-refractivity contribution in [3.05, 3.63) is 374 Å². The third-order valence-corrected chi connectivity index (χ3v) is 29.2. The van der Waals surface area contributed by atoms with Crippen molar-refractivity contribution in [3.63, 3.8) is 0 Å². The maximum absolute atomic E-state index is 14.7. The van der Waals surface area contributed by atoms with Crippen molar-refractivity contribution in [2.75, 3.05) is 39.1 Å². The van der Waals surface area contributed by atoms with Crippen LogP contribution in [0.5, 0.6) is 0 Å². The smallest absolute Gasteiger partial charge is 0.256 e. The minimum Gasteiger partial charge on any atom is -0.378 e. The normalized spacial score (nSPS) is 15.8. The van der Waals surface area contributed by atoms with Crippen LogP contribution in [0, 0.1) is 18.6 Å². The molecule has 5 aromatic heterocycles. The Labute approximate surface area is 716 Å². The van der Waals surface area contributed by atoms with E-state index in [4.69, 9.17) is 0 Å². The van der Waals surface area contributed by atoms with Crippen molar-refractivity contribution in [3.8, 4) is 38.5 Å². The van der Waals surface area contributed by atoms with E-state index in [0.717, 1.165) is 119 Å². The van der Waals surface area contributed by atoms with Crippen molar-refractivity contribution in [1.29, 1.82) is 0 Å². The zero-order valence-corrected chi connectivity index (χ0v) is 71.3. The number of anilines is 1. The maximum Gasteiger partial charge on any atom is 0.256 e. The molecule has 0 aliphatic carbocycles. The third kappa shape index (κ3) is 18.5. The summed E-state index contributed by atoms with van der Waals surface area (Å²) < 4.78 is 115. The summed E-state index contributed by atoms with van der Waals surface area (Å²) in [6.07, 6.45) is 11.8. The standard InChI is InChI=1S/C22H20FN3O.C20H20FN3O.C18H16N2O2S2.C17H15N3O2S.C17H14N2O2S2/c1-25(2)18-9-7-15(8-10-18)16-5-6-17(20(23)12-16)13-26-14-21-19(22(26)27)4-3-11-24-21;1-23-9-6-14(7-10-23)15-4-5-16(18(21)11-15)12-24-13-19-17(20(24)25)3-2-8-22-19;1-13-19-17(12-23-13)15-8-6-14(7-9-15)10-20-11-16-4-2-3-5-18(16)24(20,21)22;21-23(22)17-5-2-1-4-15(17)13-19(23)12-14-6-8-16(9-7-14)20-11-3-10-18-20;20-23(21)17-4-2-1-3-15(17)12-19(23)11-13-5-7-14(8-6-13)16-9-10-18-22-16/h3-12H,13-14H2,1-2H3;2-6,8,11H,7,9-10,12-13H2,1H3;2-9,12H,10-11H2,1H3;1-11H,12-13H2;1-10H,11-12H2. The van der Waals surface area contributed by atoms with E-state index in [1.165, 1.54) is 36.1 Å². The van der Waals surface area contributed by atoms with Gasteiger partial charge in [-0.1, -0.05) is 158 Å². The minimum atomic E-state index is -3.38. The molecular formula is C94H85F2N13O8S5. The Morgan fingerprint density at radius 2 is 0.934 bits per heavy atom. The van der Waals surface area contributed by atoms with E-state index in [2.05, 4.69) is 42.4 Å². The molecule has 14 aromatic rings. The molecule has 0 N–H and O–H groups in total. The fraction of sp³-hybridized carbons (Fsp3) is 0.181. The van der Waals surface area contributed by atoms with E-state index in [0.29, 0.717) is 89.3 Å². The van der Waals surface area contributed by atoms with Crippen LogP contribution in [-0.2, 0) is 95.5 Å². The number of halogens is 2. The first-order chi connectivity index (χ1) is 59.0. The molecule has 0 fully saturated rings. The number of thiazole rings is 1. The predicted octanol–water partition coefficient (Wildman–Crippen LogP) is 17.1. The summed E-state index contributed by atoms with van der Waals surface area (Å²) in [5, 5.41) is 7.25. The van der Waals surface area contributed by atoms with Crippen LogP contribution < -0.4 is 4.90 Å².